The van der Waals surface area contributed by atoms with Gasteiger partial charge in [0.1, 0.15) is 0 Å². The zero-order valence-electron chi connectivity index (χ0n) is 11.4. The molecule has 0 saturated carbocycles. The summed E-state index contributed by atoms with van der Waals surface area (Å²) in [5.41, 5.74) is 2.51. The van der Waals surface area contributed by atoms with Crippen molar-refractivity contribution in [3.63, 3.8) is 0 Å². The number of benzene rings is 1. The largest absolute Gasteiger partial charge is 0.352 e. The lowest BCUT2D eigenvalue weighted by Gasteiger charge is -2.20. The normalized spacial score (nSPS) is 12.5. The van der Waals surface area contributed by atoms with Gasteiger partial charge in [-0.05, 0) is 30.4 Å². The molecule has 18 heavy (non-hydrogen) atoms. The van der Waals surface area contributed by atoms with Gasteiger partial charge in [-0.3, -0.25) is 4.79 Å². The van der Waals surface area contributed by atoms with Crippen molar-refractivity contribution in [3.8, 4) is 0 Å². The van der Waals surface area contributed by atoms with E-state index < -0.39 is 0 Å². The van der Waals surface area contributed by atoms with E-state index in [1.807, 2.05) is 12.1 Å². The smallest absolute Gasteiger partial charge is 0.220 e. The standard InChI is InChI=1S/C15H22BrNO/c1-11(2)14(10-16)17-15(18)9-8-13-7-5-4-6-12(13)3/h4-7,11,14H,8-10H2,1-3H3,(H,17,18). The number of carbonyl (C=O) groups excluding carboxylic acids is 1. The summed E-state index contributed by atoms with van der Waals surface area (Å²) in [5, 5.41) is 3.88. The van der Waals surface area contributed by atoms with Crippen molar-refractivity contribution in [2.24, 2.45) is 5.92 Å². The third-order valence-corrected chi connectivity index (χ3v) is 3.90. The van der Waals surface area contributed by atoms with Crippen molar-refractivity contribution in [2.75, 3.05) is 5.33 Å². The summed E-state index contributed by atoms with van der Waals surface area (Å²) in [6.07, 6.45) is 1.37. The Morgan fingerprint density at radius 1 is 1.33 bits per heavy atom. The molecule has 2 nitrogen and oxygen atoms in total. The van der Waals surface area contributed by atoms with Gasteiger partial charge in [-0.25, -0.2) is 0 Å². The molecule has 1 atom stereocenters. The van der Waals surface area contributed by atoms with Gasteiger partial charge in [0.25, 0.3) is 0 Å². The van der Waals surface area contributed by atoms with Crippen LogP contribution in [0.1, 0.15) is 31.4 Å². The Labute approximate surface area is 118 Å². The third kappa shape index (κ3) is 4.81. The van der Waals surface area contributed by atoms with Crippen LogP contribution in [-0.2, 0) is 11.2 Å². The maximum Gasteiger partial charge on any atom is 0.220 e. The molecule has 1 N–H and O–H groups in total. The molecule has 0 aliphatic rings. The fourth-order valence-corrected chi connectivity index (χ4v) is 2.71. The predicted molar refractivity (Wildman–Crippen MR) is 80.1 cm³/mol. The van der Waals surface area contributed by atoms with E-state index in [1.165, 1.54) is 11.1 Å². The maximum absolute atomic E-state index is 11.9. The van der Waals surface area contributed by atoms with Crippen LogP contribution in [0, 0.1) is 12.8 Å². The fourth-order valence-electron chi connectivity index (χ4n) is 1.80. The van der Waals surface area contributed by atoms with E-state index >= 15 is 0 Å². The van der Waals surface area contributed by atoms with Crippen molar-refractivity contribution in [2.45, 2.75) is 39.7 Å². The summed E-state index contributed by atoms with van der Waals surface area (Å²) in [6.45, 7) is 6.32. The number of carbonyl (C=O) groups is 1. The minimum absolute atomic E-state index is 0.136. The van der Waals surface area contributed by atoms with Gasteiger partial charge in [0, 0.05) is 17.8 Å². The topological polar surface area (TPSA) is 29.1 Å². The Hall–Kier alpha value is -0.830. The molecule has 0 aliphatic heterocycles. The van der Waals surface area contributed by atoms with Crippen molar-refractivity contribution in [1.82, 2.24) is 5.32 Å². The highest BCUT2D eigenvalue weighted by molar-refractivity contribution is 9.09. The fraction of sp³-hybridized carbons (Fsp3) is 0.533. The molecule has 1 aromatic rings. The molecule has 1 unspecified atom stereocenters. The summed E-state index contributed by atoms with van der Waals surface area (Å²) in [7, 11) is 0. The monoisotopic (exact) mass is 311 g/mol. The van der Waals surface area contributed by atoms with Crippen LogP contribution in [0.15, 0.2) is 24.3 Å². The molecule has 1 rings (SSSR count). The number of aryl methyl sites for hydroxylation is 2. The van der Waals surface area contributed by atoms with Crippen molar-refractivity contribution < 1.29 is 4.79 Å². The first-order chi connectivity index (χ1) is 8.54. The van der Waals surface area contributed by atoms with Crippen LogP contribution in [0.5, 0.6) is 0 Å². The molecular weight excluding hydrogens is 290 g/mol. The van der Waals surface area contributed by atoms with Crippen molar-refractivity contribution in [1.29, 1.82) is 0 Å². The van der Waals surface area contributed by atoms with Crippen LogP contribution < -0.4 is 5.32 Å². The van der Waals surface area contributed by atoms with E-state index in [0.29, 0.717) is 12.3 Å². The van der Waals surface area contributed by atoms with E-state index in [2.05, 4.69) is 54.2 Å². The highest BCUT2D eigenvalue weighted by Gasteiger charge is 2.14. The number of hydrogen-bond acceptors (Lipinski definition) is 1. The minimum atomic E-state index is 0.136. The number of alkyl halides is 1. The second-order valence-corrected chi connectivity index (χ2v) is 5.65. The lowest BCUT2D eigenvalue weighted by Crippen LogP contribution is -2.39. The van der Waals surface area contributed by atoms with Crippen molar-refractivity contribution >= 4 is 21.8 Å². The summed E-state index contributed by atoms with van der Waals surface area (Å²) in [6, 6.07) is 8.44. The van der Waals surface area contributed by atoms with Crippen LogP contribution >= 0.6 is 15.9 Å². The van der Waals surface area contributed by atoms with Crippen LogP contribution in [0.4, 0.5) is 0 Å². The van der Waals surface area contributed by atoms with Gasteiger partial charge in [0.2, 0.25) is 5.91 Å². The van der Waals surface area contributed by atoms with E-state index in [-0.39, 0.29) is 11.9 Å². The lowest BCUT2D eigenvalue weighted by molar-refractivity contribution is -0.121. The molecule has 0 saturated heterocycles. The molecule has 0 aromatic heterocycles. The first-order valence-electron chi connectivity index (χ1n) is 6.44. The van der Waals surface area contributed by atoms with Crippen LogP contribution in [0.3, 0.4) is 0 Å². The number of amides is 1. The minimum Gasteiger partial charge on any atom is -0.352 e. The van der Waals surface area contributed by atoms with Gasteiger partial charge < -0.3 is 5.32 Å². The predicted octanol–water partition coefficient (Wildman–Crippen LogP) is 3.46. The highest BCUT2D eigenvalue weighted by atomic mass is 79.9. The van der Waals surface area contributed by atoms with E-state index in [0.717, 1.165) is 11.8 Å². The summed E-state index contributed by atoms with van der Waals surface area (Å²) in [4.78, 5) is 11.9. The third-order valence-electron chi connectivity index (χ3n) is 3.20. The molecule has 1 aromatic carbocycles. The van der Waals surface area contributed by atoms with Gasteiger partial charge in [-0.15, -0.1) is 0 Å². The Bertz CT molecular complexity index is 390. The van der Waals surface area contributed by atoms with Gasteiger partial charge in [-0.1, -0.05) is 54.0 Å². The van der Waals surface area contributed by atoms with Crippen LogP contribution in [0.25, 0.3) is 0 Å². The molecule has 0 fully saturated rings. The average Bonchev–Trinajstić information content (AvgIpc) is 2.34. The van der Waals surface area contributed by atoms with Crippen molar-refractivity contribution in [3.05, 3.63) is 35.4 Å². The Balaban J connectivity index is 2.44. The molecule has 3 heteroatoms. The van der Waals surface area contributed by atoms with Crippen LogP contribution in [0.2, 0.25) is 0 Å². The summed E-state index contributed by atoms with van der Waals surface area (Å²) < 4.78 is 0. The number of rotatable bonds is 6. The summed E-state index contributed by atoms with van der Waals surface area (Å²) >= 11 is 3.44. The number of nitrogens with one attached hydrogen (secondary N) is 1. The van der Waals surface area contributed by atoms with E-state index in [4.69, 9.17) is 0 Å². The molecular formula is C15H22BrNO. The Kier molecular flexibility index (Phi) is 6.41. The highest BCUT2D eigenvalue weighted by Crippen LogP contribution is 2.10. The quantitative estimate of drug-likeness (QED) is 0.801. The zero-order chi connectivity index (χ0) is 13.5. The summed E-state index contributed by atoms with van der Waals surface area (Å²) in [5.74, 6) is 0.586. The Morgan fingerprint density at radius 3 is 2.56 bits per heavy atom. The van der Waals surface area contributed by atoms with Gasteiger partial charge in [-0.2, -0.15) is 0 Å². The zero-order valence-corrected chi connectivity index (χ0v) is 13.0. The maximum atomic E-state index is 11.9. The SMILES string of the molecule is Cc1ccccc1CCC(=O)NC(CBr)C(C)C. The van der Waals surface area contributed by atoms with E-state index in [1.54, 1.807) is 0 Å². The molecule has 100 valence electrons. The van der Waals surface area contributed by atoms with Crippen LogP contribution in [-0.4, -0.2) is 17.3 Å². The first kappa shape index (κ1) is 15.2. The molecule has 0 bridgehead atoms. The first-order valence-corrected chi connectivity index (χ1v) is 7.56. The molecule has 1 amide bonds. The molecule has 0 spiro atoms. The molecule has 0 aliphatic carbocycles. The number of hydrogen-bond donors (Lipinski definition) is 1. The molecule has 0 heterocycles. The second kappa shape index (κ2) is 7.57. The van der Waals surface area contributed by atoms with Gasteiger partial charge in [0.05, 0.1) is 0 Å². The van der Waals surface area contributed by atoms with Gasteiger partial charge >= 0.3 is 0 Å². The molecule has 0 radical (unpaired) electrons. The van der Waals surface area contributed by atoms with E-state index in [9.17, 15) is 4.79 Å². The average molecular weight is 312 g/mol. The Morgan fingerprint density at radius 2 is 2.00 bits per heavy atom. The van der Waals surface area contributed by atoms with Gasteiger partial charge in [0.15, 0.2) is 0 Å². The second-order valence-electron chi connectivity index (χ2n) is 5.00. The number of halogens is 1. The lowest BCUT2D eigenvalue weighted by atomic mass is 10.0.